The van der Waals surface area contributed by atoms with Gasteiger partial charge in [-0.25, -0.2) is 13.1 Å². The quantitative estimate of drug-likeness (QED) is 0.913. The van der Waals surface area contributed by atoms with Crippen molar-refractivity contribution in [1.82, 2.24) is 4.72 Å². The smallest absolute Gasteiger partial charge is 0.207 e. The van der Waals surface area contributed by atoms with Crippen LogP contribution in [-0.2, 0) is 16.6 Å². The maximum Gasteiger partial charge on any atom is 0.241 e. The normalized spacial score (nSPS) is 11.6. The van der Waals surface area contributed by atoms with Crippen LogP contribution in [0.2, 0.25) is 0 Å². The molecule has 0 saturated carbocycles. The first-order valence-corrected chi connectivity index (χ1v) is 8.49. The van der Waals surface area contributed by atoms with Gasteiger partial charge >= 0.3 is 0 Å². The van der Waals surface area contributed by atoms with E-state index < -0.39 is 10.0 Å². The van der Waals surface area contributed by atoms with Gasteiger partial charge in [-0.1, -0.05) is 30.3 Å². The van der Waals surface area contributed by atoms with Crippen molar-refractivity contribution in [3.8, 4) is 0 Å². The molecule has 0 bridgehead atoms. The van der Waals surface area contributed by atoms with Gasteiger partial charge in [0.1, 0.15) is 0 Å². The minimum Gasteiger partial charge on any atom is -0.207 e. The molecule has 2 rings (SSSR count). The average molecular weight is 354 g/mol. The highest BCUT2D eigenvalue weighted by Crippen LogP contribution is 2.21. The zero-order chi connectivity index (χ0) is 14.8. The van der Waals surface area contributed by atoms with E-state index in [0.29, 0.717) is 4.47 Å². The predicted octanol–water partition coefficient (Wildman–Crippen LogP) is 3.54. The number of rotatable bonds is 4. The topological polar surface area (TPSA) is 46.2 Å². The molecule has 106 valence electrons. The van der Waals surface area contributed by atoms with E-state index in [9.17, 15) is 8.42 Å². The third kappa shape index (κ3) is 3.29. The lowest BCUT2D eigenvalue weighted by Crippen LogP contribution is -2.24. The zero-order valence-corrected chi connectivity index (χ0v) is 13.8. The summed E-state index contributed by atoms with van der Waals surface area (Å²) in [5.41, 5.74) is 3.26. The van der Waals surface area contributed by atoms with Gasteiger partial charge in [0, 0.05) is 11.0 Å². The van der Waals surface area contributed by atoms with Crippen molar-refractivity contribution < 1.29 is 8.42 Å². The van der Waals surface area contributed by atoms with Gasteiger partial charge in [-0.2, -0.15) is 0 Å². The summed E-state index contributed by atoms with van der Waals surface area (Å²) < 4.78 is 27.8. The molecular formula is C15H16BrNO2S. The highest BCUT2D eigenvalue weighted by atomic mass is 79.9. The van der Waals surface area contributed by atoms with Crippen LogP contribution in [0, 0.1) is 13.8 Å². The summed E-state index contributed by atoms with van der Waals surface area (Å²) in [5.74, 6) is 0. The van der Waals surface area contributed by atoms with Crippen LogP contribution in [0.1, 0.15) is 16.7 Å². The zero-order valence-electron chi connectivity index (χ0n) is 11.4. The third-order valence-corrected chi connectivity index (χ3v) is 5.71. The number of halogens is 1. The molecule has 3 nitrogen and oxygen atoms in total. The van der Waals surface area contributed by atoms with Crippen LogP contribution in [0.4, 0.5) is 0 Å². The molecule has 0 atom stereocenters. The molecule has 0 radical (unpaired) electrons. The number of nitrogens with one attached hydrogen (secondary N) is 1. The Morgan fingerprint density at radius 1 is 1.05 bits per heavy atom. The lowest BCUT2D eigenvalue weighted by atomic mass is 10.0. The first-order chi connectivity index (χ1) is 9.42. The molecule has 0 saturated heterocycles. The van der Waals surface area contributed by atoms with Gasteiger partial charge in [0.05, 0.1) is 4.90 Å². The molecule has 0 aliphatic heterocycles. The maximum atomic E-state index is 12.3. The van der Waals surface area contributed by atoms with E-state index in [4.69, 9.17) is 0 Å². The Labute approximate surface area is 128 Å². The van der Waals surface area contributed by atoms with Gasteiger partial charge in [0.2, 0.25) is 10.0 Å². The number of hydrogen-bond donors (Lipinski definition) is 1. The molecular weight excluding hydrogens is 338 g/mol. The van der Waals surface area contributed by atoms with Crippen LogP contribution >= 0.6 is 15.9 Å². The predicted molar refractivity (Wildman–Crippen MR) is 84.1 cm³/mol. The Bertz CT molecular complexity index is 726. The summed E-state index contributed by atoms with van der Waals surface area (Å²) in [6, 6.07) is 12.7. The van der Waals surface area contributed by atoms with Crippen LogP contribution in [0.15, 0.2) is 51.8 Å². The van der Waals surface area contributed by atoms with E-state index in [1.54, 1.807) is 24.3 Å². The molecule has 0 unspecified atom stereocenters. The molecule has 1 N–H and O–H groups in total. The molecule has 0 aromatic heterocycles. The summed E-state index contributed by atoms with van der Waals surface area (Å²) in [4.78, 5) is 0.255. The molecule has 20 heavy (non-hydrogen) atoms. The maximum absolute atomic E-state index is 12.3. The molecule has 0 spiro atoms. The molecule has 0 amide bonds. The van der Waals surface area contributed by atoms with Crippen molar-refractivity contribution in [3.05, 3.63) is 63.6 Å². The van der Waals surface area contributed by atoms with Crippen molar-refractivity contribution in [2.75, 3.05) is 0 Å². The first-order valence-electron chi connectivity index (χ1n) is 6.21. The molecule has 0 fully saturated rings. The second kappa shape index (κ2) is 6.08. The summed E-state index contributed by atoms with van der Waals surface area (Å²) in [7, 11) is -3.52. The van der Waals surface area contributed by atoms with Crippen LogP contribution in [-0.4, -0.2) is 8.42 Å². The minimum atomic E-state index is -3.52. The fourth-order valence-corrected chi connectivity index (χ4v) is 3.92. The second-order valence-corrected chi connectivity index (χ2v) is 7.20. The molecule has 0 heterocycles. The third-order valence-electron chi connectivity index (χ3n) is 3.30. The van der Waals surface area contributed by atoms with Crippen LogP contribution in [0.3, 0.4) is 0 Å². The van der Waals surface area contributed by atoms with Crippen molar-refractivity contribution in [3.63, 3.8) is 0 Å². The minimum absolute atomic E-state index is 0.255. The molecule has 0 aliphatic carbocycles. The van der Waals surface area contributed by atoms with Gasteiger partial charge < -0.3 is 0 Å². The van der Waals surface area contributed by atoms with E-state index >= 15 is 0 Å². The van der Waals surface area contributed by atoms with E-state index in [-0.39, 0.29) is 11.4 Å². The van der Waals surface area contributed by atoms with Crippen molar-refractivity contribution in [2.45, 2.75) is 25.3 Å². The Morgan fingerprint density at radius 2 is 1.75 bits per heavy atom. The van der Waals surface area contributed by atoms with Gasteiger partial charge in [-0.3, -0.25) is 0 Å². The summed E-state index contributed by atoms with van der Waals surface area (Å²) in [6.07, 6.45) is 0. The second-order valence-electron chi connectivity index (χ2n) is 4.61. The van der Waals surface area contributed by atoms with Crippen molar-refractivity contribution in [2.24, 2.45) is 0 Å². The molecule has 2 aromatic carbocycles. The van der Waals surface area contributed by atoms with Crippen molar-refractivity contribution >= 4 is 26.0 Å². The molecule has 0 aliphatic rings. The van der Waals surface area contributed by atoms with E-state index in [2.05, 4.69) is 20.7 Å². The summed E-state index contributed by atoms with van der Waals surface area (Å²) >= 11 is 3.27. The van der Waals surface area contributed by atoms with Gasteiger partial charge in [-0.15, -0.1) is 0 Å². The Balaban J connectivity index is 2.22. The Morgan fingerprint density at radius 3 is 2.45 bits per heavy atom. The number of sulfonamides is 1. The number of benzene rings is 2. The monoisotopic (exact) mass is 353 g/mol. The van der Waals surface area contributed by atoms with Crippen LogP contribution in [0.25, 0.3) is 0 Å². The number of hydrogen-bond acceptors (Lipinski definition) is 2. The highest BCUT2D eigenvalue weighted by molar-refractivity contribution is 9.10. The molecule has 2 aromatic rings. The van der Waals surface area contributed by atoms with Gasteiger partial charge in [0.15, 0.2) is 0 Å². The Kier molecular flexibility index (Phi) is 4.62. The standard InChI is InChI=1S/C15H16BrNO2S/c1-11-6-5-7-13(12(11)2)10-17-20(18,19)15-9-4-3-8-14(15)16/h3-9,17H,10H2,1-2H3. The first kappa shape index (κ1) is 15.2. The summed E-state index contributed by atoms with van der Waals surface area (Å²) in [5, 5.41) is 0. The van der Waals surface area contributed by atoms with Gasteiger partial charge in [-0.05, 0) is 58.6 Å². The highest BCUT2D eigenvalue weighted by Gasteiger charge is 2.17. The van der Waals surface area contributed by atoms with Gasteiger partial charge in [0.25, 0.3) is 0 Å². The number of aryl methyl sites for hydroxylation is 1. The van der Waals surface area contributed by atoms with E-state index in [0.717, 1.165) is 16.7 Å². The fourth-order valence-electron chi connectivity index (χ4n) is 1.92. The lowest BCUT2D eigenvalue weighted by molar-refractivity contribution is 0.580. The molecule has 5 heteroatoms. The lowest BCUT2D eigenvalue weighted by Gasteiger charge is -2.11. The average Bonchev–Trinajstić information content (AvgIpc) is 2.41. The van der Waals surface area contributed by atoms with Crippen LogP contribution in [0.5, 0.6) is 0 Å². The SMILES string of the molecule is Cc1cccc(CNS(=O)(=O)c2ccccc2Br)c1C. The van der Waals surface area contributed by atoms with Crippen LogP contribution < -0.4 is 4.72 Å². The Hall–Kier alpha value is -1.17. The summed E-state index contributed by atoms with van der Waals surface area (Å²) in [6.45, 7) is 4.30. The van der Waals surface area contributed by atoms with Crippen molar-refractivity contribution in [1.29, 1.82) is 0 Å². The largest absolute Gasteiger partial charge is 0.241 e. The fraction of sp³-hybridized carbons (Fsp3) is 0.200. The van der Waals surface area contributed by atoms with E-state index in [1.807, 2.05) is 32.0 Å². The van der Waals surface area contributed by atoms with E-state index in [1.165, 1.54) is 0 Å².